The molecule has 0 aliphatic rings. The monoisotopic (exact) mass is 240 g/mol. The SMILES string of the molecule is CC(C)(CN)CC(=O)Nc1cccc(Cl)c1. The van der Waals surface area contributed by atoms with Crippen LogP contribution in [0.3, 0.4) is 0 Å². The van der Waals surface area contributed by atoms with E-state index in [2.05, 4.69) is 5.32 Å². The molecule has 0 radical (unpaired) electrons. The highest BCUT2D eigenvalue weighted by atomic mass is 35.5. The van der Waals surface area contributed by atoms with Crippen LogP contribution in [0.2, 0.25) is 5.02 Å². The number of nitrogens with two attached hydrogens (primary N) is 1. The van der Waals surface area contributed by atoms with Crippen molar-refractivity contribution in [3.8, 4) is 0 Å². The maximum Gasteiger partial charge on any atom is 0.224 e. The topological polar surface area (TPSA) is 55.1 Å². The van der Waals surface area contributed by atoms with E-state index in [0.717, 1.165) is 0 Å². The lowest BCUT2D eigenvalue weighted by Crippen LogP contribution is -2.29. The zero-order valence-electron chi connectivity index (χ0n) is 9.59. The third kappa shape index (κ3) is 4.21. The van der Waals surface area contributed by atoms with Crippen molar-refractivity contribution < 1.29 is 4.79 Å². The van der Waals surface area contributed by atoms with E-state index in [4.69, 9.17) is 17.3 Å². The second-order valence-electron chi connectivity index (χ2n) is 4.60. The Morgan fingerprint density at radius 2 is 2.19 bits per heavy atom. The van der Waals surface area contributed by atoms with Gasteiger partial charge in [-0.1, -0.05) is 31.5 Å². The summed E-state index contributed by atoms with van der Waals surface area (Å²) in [5, 5.41) is 3.40. The van der Waals surface area contributed by atoms with E-state index in [1.54, 1.807) is 24.3 Å². The van der Waals surface area contributed by atoms with E-state index in [0.29, 0.717) is 23.7 Å². The normalized spacial score (nSPS) is 11.2. The van der Waals surface area contributed by atoms with E-state index in [1.807, 2.05) is 13.8 Å². The average Bonchev–Trinajstić information content (AvgIpc) is 2.16. The van der Waals surface area contributed by atoms with E-state index in [1.165, 1.54) is 0 Å². The van der Waals surface area contributed by atoms with Gasteiger partial charge in [-0.15, -0.1) is 0 Å². The molecule has 0 atom stereocenters. The van der Waals surface area contributed by atoms with Crippen LogP contribution in [0, 0.1) is 5.41 Å². The maximum absolute atomic E-state index is 11.7. The highest BCUT2D eigenvalue weighted by molar-refractivity contribution is 6.30. The summed E-state index contributed by atoms with van der Waals surface area (Å²) in [5.74, 6) is -0.0438. The minimum Gasteiger partial charge on any atom is -0.330 e. The molecular formula is C12H17ClN2O. The van der Waals surface area contributed by atoms with Crippen LogP contribution in [-0.4, -0.2) is 12.5 Å². The van der Waals surface area contributed by atoms with Crippen molar-refractivity contribution in [1.29, 1.82) is 0 Å². The van der Waals surface area contributed by atoms with Crippen LogP contribution < -0.4 is 11.1 Å². The molecule has 0 unspecified atom stereocenters. The fourth-order valence-electron chi connectivity index (χ4n) is 1.28. The van der Waals surface area contributed by atoms with E-state index in [-0.39, 0.29) is 11.3 Å². The molecule has 88 valence electrons. The first kappa shape index (κ1) is 13.0. The Morgan fingerprint density at radius 1 is 1.50 bits per heavy atom. The fraction of sp³-hybridized carbons (Fsp3) is 0.417. The van der Waals surface area contributed by atoms with Gasteiger partial charge in [-0.05, 0) is 30.2 Å². The Labute approximate surface area is 101 Å². The predicted octanol–water partition coefficient (Wildman–Crippen LogP) is 2.65. The molecule has 0 saturated carbocycles. The van der Waals surface area contributed by atoms with Gasteiger partial charge in [0, 0.05) is 17.1 Å². The van der Waals surface area contributed by atoms with Crippen LogP contribution in [0.25, 0.3) is 0 Å². The number of halogens is 1. The second kappa shape index (κ2) is 5.32. The molecule has 1 amide bonds. The Hall–Kier alpha value is -1.06. The van der Waals surface area contributed by atoms with Crippen LogP contribution >= 0.6 is 11.6 Å². The van der Waals surface area contributed by atoms with Gasteiger partial charge in [-0.2, -0.15) is 0 Å². The Bertz CT molecular complexity index is 377. The fourth-order valence-corrected chi connectivity index (χ4v) is 1.47. The van der Waals surface area contributed by atoms with Crippen LogP contribution in [0.1, 0.15) is 20.3 Å². The molecule has 0 bridgehead atoms. The highest BCUT2D eigenvalue weighted by Crippen LogP contribution is 2.20. The smallest absolute Gasteiger partial charge is 0.224 e. The molecule has 0 heterocycles. The third-order valence-corrected chi connectivity index (χ3v) is 2.54. The van der Waals surface area contributed by atoms with Gasteiger partial charge < -0.3 is 11.1 Å². The first-order valence-corrected chi connectivity index (χ1v) is 5.56. The van der Waals surface area contributed by atoms with Crippen molar-refractivity contribution in [2.24, 2.45) is 11.1 Å². The summed E-state index contributed by atoms with van der Waals surface area (Å²) in [7, 11) is 0. The number of nitrogens with one attached hydrogen (secondary N) is 1. The Morgan fingerprint density at radius 3 is 2.75 bits per heavy atom. The van der Waals surface area contributed by atoms with Crippen LogP contribution in [0.5, 0.6) is 0 Å². The predicted molar refractivity (Wildman–Crippen MR) is 67.5 cm³/mol. The molecule has 1 aromatic rings. The summed E-state index contributed by atoms with van der Waals surface area (Å²) in [6.07, 6.45) is 0.399. The molecule has 0 fully saturated rings. The molecule has 0 aromatic heterocycles. The zero-order chi connectivity index (χ0) is 12.2. The van der Waals surface area contributed by atoms with Gasteiger partial charge in [-0.3, -0.25) is 4.79 Å². The number of carbonyl (C=O) groups excluding carboxylic acids is 1. The number of hydrogen-bond donors (Lipinski definition) is 2. The maximum atomic E-state index is 11.7. The number of amides is 1. The van der Waals surface area contributed by atoms with Crippen LogP contribution in [0.4, 0.5) is 5.69 Å². The highest BCUT2D eigenvalue weighted by Gasteiger charge is 2.20. The zero-order valence-corrected chi connectivity index (χ0v) is 10.3. The lowest BCUT2D eigenvalue weighted by molar-refractivity contribution is -0.117. The van der Waals surface area contributed by atoms with Gasteiger partial charge in [0.25, 0.3) is 0 Å². The first-order valence-electron chi connectivity index (χ1n) is 5.18. The van der Waals surface area contributed by atoms with Crippen molar-refractivity contribution in [2.45, 2.75) is 20.3 Å². The molecule has 1 aromatic carbocycles. The molecule has 0 spiro atoms. The standard InChI is InChI=1S/C12H17ClN2O/c1-12(2,8-14)7-11(16)15-10-5-3-4-9(13)6-10/h3-6H,7-8,14H2,1-2H3,(H,15,16). The average molecular weight is 241 g/mol. The summed E-state index contributed by atoms with van der Waals surface area (Å²) in [5.41, 5.74) is 6.11. The van der Waals surface area contributed by atoms with Crippen molar-refractivity contribution >= 4 is 23.2 Å². The minimum atomic E-state index is -0.178. The number of anilines is 1. The van der Waals surface area contributed by atoms with Crippen LogP contribution in [0.15, 0.2) is 24.3 Å². The molecular weight excluding hydrogens is 224 g/mol. The van der Waals surface area contributed by atoms with Crippen molar-refractivity contribution in [1.82, 2.24) is 0 Å². The van der Waals surface area contributed by atoms with Crippen molar-refractivity contribution in [3.05, 3.63) is 29.3 Å². The summed E-state index contributed by atoms with van der Waals surface area (Å²) in [4.78, 5) is 11.7. The number of rotatable bonds is 4. The molecule has 3 nitrogen and oxygen atoms in total. The van der Waals surface area contributed by atoms with Gasteiger partial charge in [0.15, 0.2) is 0 Å². The van der Waals surface area contributed by atoms with E-state index < -0.39 is 0 Å². The van der Waals surface area contributed by atoms with Gasteiger partial charge in [0.2, 0.25) is 5.91 Å². The number of hydrogen-bond acceptors (Lipinski definition) is 2. The van der Waals surface area contributed by atoms with Gasteiger partial charge >= 0.3 is 0 Å². The van der Waals surface area contributed by atoms with Gasteiger partial charge in [0.05, 0.1) is 0 Å². The molecule has 16 heavy (non-hydrogen) atoms. The molecule has 0 aliphatic carbocycles. The van der Waals surface area contributed by atoms with Gasteiger partial charge in [-0.25, -0.2) is 0 Å². The molecule has 3 N–H and O–H groups in total. The molecule has 1 rings (SSSR count). The quantitative estimate of drug-likeness (QED) is 0.850. The third-order valence-electron chi connectivity index (χ3n) is 2.30. The van der Waals surface area contributed by atoms with E-state index in [9.17, 15) is 4.79 Å². The summed E-state index contributed by atoms with van der Waals surface area (Å²) < 4.78 is 0. The summed E-state index contributed by atoms with van der Waals surface area (Å²) in [6, 6.07) is 7.08. The van der Waals surface area contributed by atoms with Gasteiger partial charge in [0.1, 0.15) is 0 Å². The number of carbonyl (C=O) groups is 1. The second-order valence-corrected chi connectivity index (χ2v) is 5.04. The summed E-state index contributed by atoms with van der Waals surface area (Å²) in [6.45, 7) is 4.41. The Balaban J connectivity index is 2.59. The lowest BCUT2D eigenvalue weighted by Gasteiger charge is -2.21. The summed E-state index contributed by atoms with van der Waals surface area (Å²) >= 11 is 5.82. The first-order chi connectivity index (χ1) is 7.43. The molecule has 4 heteroatoms. The minimum absolute atomic E-state index is 0.0438. The largest absolute Gasteiger partial charge is 0.330 e. The molecule has 0 saturated heterocycles. The number of benzene rings is 1. The Kier molecular flexibility index (Phi) is 4.33. The van der Waals surface area contributed by atoms with Crippen LogP contribution in [-0.2, 0) is 4.79 Å². The van der Waals surface area contributed by atoms with E-state index >= 15 is 0 Å². The lowest BCUT2D eigenvalue weighted by atomic mass is 9.89. The van der Waals surface area contributed by atoms with Crippen molar-refractivity contribution in [3.63, 3.8) is 0 Å². The van der Waals surface area contributed by atoms with Crippen molar-refractivity contribution in [2.75, 3.05) is 11.9 Å². The molecule has 0 aliphatic heterocycles.